The number of amides is 2. The number of anilines is 4. The molecule has 0 radical (unpaired) electrons. The van der Waals surface area contributed by atoms with Crippen molar-refractivity contribution in [3.8, 4) is 45.3 Å². The number of hydrogen-bond acceptors (Lipinski definition) is 12. The van der Waals surface area contributed by atoms with Crippen LogP contribution in [0.2, 0.25) is 0 Å². The summed E-state index contributed by atoms with van der Waals surface area (Å²) in [4.78, 5) is 44.4. The van der Waals surface area contributed by atoms with E-state index in [-0.39, 0.29) is 55.7 Å². The molecule has 0 aliphatic carbocycles. The Morgan fingerprint density at radius 2 is 1.02 bits per heavy atom. The first-order valence-corrected chi connectivity index (χ1v) is 19.3. The van der Waals surface area contributed by atoms with Crippen LogP contribution in [0.4, 0.5) is 34.9 Å². The second kappa shape index (κ2) is 17.8. The number of carbonyl (C=O) groups is 2. The van der Waals surface area contributed by atoms with Crippen molar-refractivity contribution in [1.29, 1.82) is 0 Å². The first-order chi connectivity index (χ1) is 29.6. The first kappa shape index (κ1) is 44.4. The van der Waals surface area contributed by atoms with E-state index in [4.69, 9.17) is 43.6 Å². The van der Waals surface area contributed by atoms with Crippen LogP contribution >= 0.6 is 0 Å². The average Bonchev–Trinajstić information content (AvgIpc) is 3.78. The van der Waals surface area contributed by atoms with Crippen LogP contribution < -0.4 is 40.2 Å². The first-order valence-electron chi connectivity index (χ1n) is 19.3. The van der Waals surface area contributed by atoms with Crippen LogP contribution in [-0.4, -0.2) is 68.7 Å². The van der Waals surface area contributed by atoms with Crippen molar-refractivity contribution in [2.24, 2.45) is 14.1 Å². The minimum absolute atomic E-state index is 0. The molecule has 0 spiro atoms. The summed E-state index contributed by atoms with van der Waals surface area (Å²) in [7, 11) is 6.51. The van der Waals surface area contributed by atoms with Gasteiger partial charge >= 0.3 is 0 Å². The van der Waals surface area contributed by atoms with E-state index in [1.165, 1.54) is 19.2 Å². The largest absolute Gasteiger partial charge is 0.483 e. The number of aryl methyl sites for hydroxylation is 4. The van der Waals surface area contributed by atoms with Gasteiger partial charge in [0.05, 0.1) is 25.2 Å². The number of carbonyl (C=O) groups excluding carboxylic acids is 2. The van der Waals surface area contributed by atoms with Crippen LogP contribution in [0.5, 0.6) is 23.0 Å². The number of pyridine rings is 2. The molecule has 2 atom stereocenters. The van der Waals surface area contributed by atoms with Crippen LogP contribution in [0, 0.1) is 27.0 Å². The molecule has 63 heavy (non-hydrogen) atoms. The van der Waals surface area contributed by atoms with E-state index in [0.717, 1.165) is 22.3 Å². The quantitative estimate of drug-likeness (QED) is 0.143. The minimum atomic E-state index is -0.420. The zero-order valence-electron chi connectivity index (χ0n) is 35.4. The van der Waals surface area contributed by atoms with Crippen molar-refractivity contribution < 1.29 is 28.5 Å². The molecular weight excluding hydrogens is 805 g/mol. The zero-order chi connectivity index (χ0) is 44.6. The number of likely N-dealkylation sites (N-methyl/N-ethyl adjacent to an activating group) is 2. The Bertz CT molecular complexity index is 2650. The van der Waals surface area contributed by atoms with Gasteiger partial charge in [0.15, 0.2) is 48.0 Å². The van der Waals surface area contributed by atoms with Gasteiger partial charge in [0.2, 0.25) is 0 Å². The molecule has 4 bridgehead atoms. The molecule has 4 aromatic heterocycles. The standard InChI is InChI=1S/2C22H22N6O3.CH4/c2*1-12-6-7-16-15(8-12)13(2)31-17-9-14(10-25-20(17)23)19-21(24-3)28(5)26-22(19)27(4)18(29)11-30-16;/h2*6-10,13H,11H2,1-2,4-5H3,(H2,23,25);1H4/t2*13-;/m10./s1. The van der Waals surface area contributed by atoms with Crippen LogP contribution in [-0.2, 0) is 23.7 Å². The normalized spacial score (nSPS) is 15.7. The maximum absolute atomic E-state index is 12.9. The summed E-state index contributed by atoms with van der Waals surface area (Å²) < 4.78 is 26.9. The van der Waals surface area contributed by atoms with Gasteiger partial charge in [0, 0.05) is 37.6 Å². The van der Waals surface area contributed by atoms with Gasteiger partial charge in [0.25, 0.3) is 23.5 Å². The molecule has 8 rings (SSSR count). The molecule has 6 aromatic rings. The highest BCUT2D eigenvalue weighted by molar-refractivity contribution is 6.00. The van der Waals surface area contributed by atoms with Crippen molar-refractivity contribution in [3.05, 3.63) is 106 Å². The lowest BCUT2D eigenvalue weighted by molar-refractivity contribution is -0.121. The lowest BCUT2D eigenvalue weighted by Gasteiger charge is -2.20. The third-order valence-corrected chi connectivity index (χ3v) is 10.4. The van der Waals surface area contributed by atoms with Crippen LogP contribution in [0.3, 0.4) is 0 Å². The maximum atomic E-state index is 12.9. The Hall–Kier alpha value is -8.12. The maximum Gasteiger partial charge on any atom is 0.265 e. The fourth-order valence-corrected chi connectivity index (χ4v) is 7.07. The van der Waals surface area contributed by atoms with Gasteiger partial charge in [-0.3, -0.25) is 19.4 Å². The number of ether oxygens (including phenoxy) is 4. The monoisotopic (exact) mass is 852 g/mol. The SMILES string of the molecule is C.[C-]#[N+]c1c2c(nn1C)N(C)C(=O)COc1ccc(C)cc1[C@@H](C)Oc1cc-2cnc1N.[C-]#[N+]c1c2c(nn1C)N(C)C(=O)COc1ccc(C)cc1[C@H](C)Oc1cc-2cnc1N. The van der Waals surface area contributed by atoms with Crippen LogP contribution in [0.15, 0.2) is 60.9 Å². The lowest BCUT2D eigenvalue weighted by atomic mass is 10.1. The molecule has 4 N–H and O–H groups in total. The number of nitrogens with zero attached hydrogens (tertiary/aromatic N) is 10. The fraction of sp³-hybridized carbons (Fsp3) is 0.289. The molecule has 324 valence electrons. The Kier molecular flexibility index (Phi) is 12.6. The molecule has 2 amide bonds. The Morgan fingerprint density at radius 3 is 1.38 bits per heavy atom. The topological polar surface area (TPSA) is 200 Å². The van der Waals surface area contributed by atoms with Gasteiger partial charge < -0.3 is 40.1 Å². The third kappa shape index (κ3) is 8.60. The molecule has 6 heterocycles. The molecule has 0 saturated heterocycles. The second-order valence-electron chi connectivity index (χ2n) is 14.8. The van der Waals surface area contributed by atoms with E-state index in [0.29, 0.717) is 56.9 Å². The zero-order valence-corrected chi connectivity index (χ0v) is 35.4. The summed E-state index contributed by atoms with van der Waals surface area (Å²) in [5.74, 6) is 2.87. The summed E-state index contributed by atoms with van der Waals surface area (Å²) in [6.45, 7) is 22.5. The smallest absolute Gasteiger partial charge is 0.265 e. The highest BCUT2D eigenvalue weighted by atomic mass is 16.5. The van der Waals surface area contributed by atoms with Crippen molar-refractivity contribution in [2.45, 2.75) is 47.3 Å². The Balaban J connectivity index is 0.000000206. The van der Waals surface area contributed by atoms with Gasteiger partial charge in [-0.15, -0.1) is 0 Å². The summed E-state index contributed by atoms with van der Waals surface area (Å²) in [6.07, 6.45) is 2.26. The Labute approximate surface area is 365 Å². The van der Waals surface area contributed by atoms with E-state index in [2.05, 4.69) is 29.9 Å². The number of nitrogens with two attached hydrogens (primary N) is 2. The lowest BCUT2D eigenvalue weighted by Crippen LogP contribution is -2.32. The minimum Gasteiger partial charge on any atom is -0.483 e. The Morgan fingerprint density at radius 1 is 0.635 bits per heavy atom. The number of fused-ring (bicyclic) bond motifs is 10. The van der Waals surface area contributed by atoms with Crippen molar-refractivity contribution in [1.82, 2.24) is 29.5 Å². The molecule has 0 fully saturated rings. The van der Waals surface area contributed by atoms with Gasteiger partial charge in [-0.05, 0) is 75.2 Å². The third-order valence-electron chi connectivity index (χ3n) is 10.4. The molecule has 18 heteroatoms. The number of rotatable bonds is 0. The van der Waals surface area contributed by atoms with Gasteiger partial charge in [-0.2, -0.15) is 9.36 Å². The second-order valence-corrected chi connectivity index (χ2v) is 14.8. The number of nitrogen functional groups attached to an aromatic ring is 2. The molecular formula is C45H48N12O6. The average molecular weight is 853 g/mol. The summed E-state index contributed by atoms with van der Waals surface area (Å²) in [5.41, 5.74) is 17.9. The number of aromatic nitrogens is 6. The predicted octanol–water partition coefficient (Wildman–Crippen LogP) is 7.47. The molecule has 18 nitrogen and oxygen atoms in total. The van der Waals surface area contributed by atoms with Gasteiger partial charge in [0.1, 0.15) is 23.7 Å². The van der Waals surface area contributed by atoms with E-state index in [9.17, 15) is 9.59 Å². The van der Waals surface area contributed by atoms with E-state index >= 15 is 0 Å². The van der Waals surface area contributed by atoms with Crippen LogP contribution in [0.1, 0.15) is 55.7 Å². The predicted molar refractivity (Wildman–Crippen MR) is 239 cm³/mol. The van der Waals surface area contributed by atoms with Gasteiger partial charge in [-0.1, -0.05) is 54.0 Å². The molecule has 2 aliphatic rings. The van der Waals surface area contributed by atoms with Crippen LogP contribution in [0.25, 0.3) is 31.9 Å². The molecule has 0 saturated carbocycles. The number of hydrogen-bond donors (Lipinski definition) is 2. The summed E-state index contributed by atoms with van der Waals surface area (Å²) in [6, 6.07) is 14.8. The van der Waals surface area contributed by atoms with E-state index < -0.39 is 12.2 Å². The highest BCUT2D eigenvalue weighted by Gasteiger charge is 2.30. The molecule has 2 aromatic carbocycles. The highest BCUT2D eigenvalue weighted by Crippen LogP contribution is 2.43. The number of benzene rings is 2. The van der Waals surface area contributed by atoms with Crippen molar-refractivity contribution in [2.75, 3.05) is 48.6 Å². The van der Waals surface area contributed by atoms with E-state index in [1.54, 1.807) is 52.7 Å². The van der Waals surface area contributed by atoms with Crippen molar-refractivity contribution >= 4 is 46.7 Å². The summed E-state index contributed by atoms with van der Waals surface area (Å²) >= 11 is 0. The summed E-state index contributed by atoms with van der Waals surface area (Å²) in [5, 5.41) is 8.81. The van der Waals surface area contributed by atoms with Gasteiger partial charge in [-0.25, -0.2) is 9.97 Å². The van der Waals surface area contributed by atoms with Crippen molar-refractivity contribution in [3.63, 3.8) is 0 Å². The molecule has 2 aliphatic heterocycles. The molecule has 0 unspecified atom stereocenters. The van der Waals surface area contributed by atoms with E-state index in [1.807, 2.05) is 64.1 Å². The fourth-order valence-electron chi connectivity index (χ4n) is 7.07.